The van der Waals surface area contributed by atoms with Gasteiger partial charge in [-0.2, -0.15) is 10.2 Å². The Bertz CT molecular complexity index is 1120. The largest absolute Gasteiger partial charge is 0.395 e. The van der Waals surface area contributed by atoms with Crippen LogP contribution in [0.15, 0.2) is 25.3 Å². The van der Waals surface area contributed by atoms with Gasteiger partial charge < -0.3 is 40.9 Å². The maximum atomic E-state index is 13.4. The van der Waals surface area contributed by atoms with Gasteiger partial charge in [0.05, 0.1) is 39.5 Å². The monoisotopic (exact) mass is 625 g/mol. The van der Waals surface area contributed by atoms with E-state index in [1.807, 2.05) is 30.6 Å². The van der Waals surface area contributed by atoms with Crippen molar-refractivity contribution >= 4 is 23.5 Å². The van der Waals surface area contributed by atoms with Gasteiger partial charge in [-0.15, -0.1) is 4.70 Å². The molecular formula is C28H53N10O6+. The fourth-order valence-corrected chi connectivity index (χ4v) is 5.05. The van der Waals surface area contributed by atoms with Crippen LogP contribution in [0.25, 0.3) is 0 Å². The van der Waals surface area contributed by atoms with Crippen molar-refractivity contribution in [1.82, 2.24) is 20.4 Å². The first-order valence-electron chi connectivity index (χ1n) is 15.1. The SMILES string of the molecule is CC(C)(N=[N+](CC(C)(N=NC(C)(C)C1=NCCN1CCO)C1=NCCN1CCO)C(C)(C)C(=O)NCCO)C(=O)NCCO. The average molecular weight is 626 g/mol. The minimum atomic E-state index is -1.35. The second-order valence-corrected chi connectivity index (χ2v) is 12.6. The van der Waals surface area contributed by atoms with Crippen LogP contribution in [0.5, 0.6) is 0 Å². The summed E-state index contributed by atoms with van der Waals surface area (Å²) in [6.07, 6.45) is 0. The van der Waals surface area contributed by atoms with Crippen molar-refractivity contribution in [1.29, 1.82) is 0 Å². The molecular weight excluding hydrogens is 572 g/mol. The number of nitrogens with one attached hydrogen (secondary N) is 2. The van der Waals surface area contributed by atoms with E-state index in [1.165, 1.54) is 4.70 Å². The zero-order chi connectivity index (χ0) is 33.2. The fraction of sp³-hybridized carbons (Fsp3) is 0.857. The molecule has 250 valence electrons. The van der Waals surface area contributed by atoms with Crippen molar-refractivity contribution in [2.75, 3.05) is 85.3 Å². The summed E-state index contributed by atoms with van der Waals surface area (Å²) in [6, 6.07) is 0. The van der Waals surface area contributed by atoms with Crippen LogP contribution in [0.2, 0.25) is 0 Å². The van der Waals surface area contributed by atoms with Crippen LogP contribution in [0.4, 0.5) is 0 Å². The lowest BCUT2D eigenvalue weighted by molar-refractivity contribution is -0.653. The van der Waals surface area contributed by atoms with E-state index in [2.05, 4.69) is 15.6 Å². The number of hydrogen-bond donors (Lipinski definition) is 6. The normalized spacial score (nSPS) is 18.0. The van der Waals surface area contributed by atoms with E-state index in [0.717, 1.165) is 0 Å². The highest BCUT2D eigenvalue weighted by molar-refractivity contribution is 5.94. The highest BCUT2D eigenvalue weighted by atomic mass is 16.3. The minimum Gasteiger partial charge on any atom is -0.395 e. The maximum absolute atomic E-state index is 13.4. The third-order valence-corrected chi connectivity index (χ3v) is 7.53. The number of aliphatic hydroxyl groups excluding tert-OH is 4. The molecule has 0 aromatic carbocycles. The lowest BCUT2D eigenvalue weighted by Crippen LogP contribution is -2.58. The van der Waals surface area contributed by atoms with Gasteiger partial charge in [-0.1, -0.05) is 0 Å². The number of hydrogen-bond acceptors (Lipinski definition) is 13. The zero-order valence-electron chi connectivity index (χ0n) is 27.4. The summed E-state index contributed by atoms with van der Waals surface area (Å²) < 4.78 is 1.51. The van der Waals surface area contributed by atoms with Crippen LogP contribution in [-0.2, 0) is 9.59 Å². The Labute approximate surface area is 260 Å². The van der Waals surface area contributed by atoms with E-state index in [0.29, 0.717) is 50.9 Å². The van der Waals surface area contributed by atoms with E-state index < -0.39 is 34.0 Å². The molecule has 2 aliphatic rings. The molecule has 2 aliphatic heterocycles. The molecule has 0 aliphatic carbocycles. The Morgan fingerprint density at radius 1 is 0.773 bits per heavy atom. The van der Waals surface area contributed by atoms with Gasteiger partial charge in [0.2, 0.25) is 6.54 Å². The predicted octanol–water partition coefficient (Wildman–Crippen LogP) is -1.37. The molecule has 0 fully saturated rings. The summed E-state index contributed by atoms with van der Waals surface area (Å²) >= 11 is 0. The van der Waals surface area contributed by atoms with Crippen molar-refractivity contribution in [2.45, 2.75) is 70.6 Å². The van der Waals surface area contributed by atoms with Gasteiger partial charge in [0.25, 0.3) is 17.4 Å². The molecule has 0 aromatic heterocycles. The number of azo groups is 3. The average Bonchev–Trinajstić information content (AvgIpc) is 3.64. The molecule has 0 bridgehead atoms. The fourth-order valence-electron chi connectivity index (χ4n) is 5.05. The summed E-state index contributed by atoms with van der Waals surface area (Å²) in [5, 5.41) is 57.7. The van der Waals surface area contributed by atoms with Crippen molar-refractivity contribution in [3.63, 3.8) is 0 Å². The smallest absolute Gasteiger partial charge is 0.293 e. The van der Waals surface area contributed by atoms with E-state index in [-0.39, 0.29) is 46.1 Å². The number of aliphatic hydroxyl groups is 4. The second-order valence-electron chi connectivity index (χ2n) is 12.6. The molecule has 0 aromatic rings. The van der Waals surface area contributed by atoms with E-state index in [1.54, 1.807) is 27.7 Å². The first kappa shape index (κ1) is 37.1. The van der Waals surface area contributed by atoms with E-state index in [9.17, 15) is 30.0 Å². The Hall–Kier alpha value is -3.08. The number of amides is 2. The van der Waals surface area contributed by atoms with Crippen LogP contribution in [0, 0.1) is 0 Å². The van der Waals surface area contributed by atoms with Gasteiger partial charge >= 0.3 is 0 Å². The van der Waals surface area contributed by atoms with Crippen molar-refractivity contribution < 1.29 is 34.7 Å². The number of rotatable bonds is 18. The van der Waals surface area contributed by atoms with Gasteiger partial charge in [-0.05, 0) is 39.7 Å². The third-order valence-electron chi connectivity index (χ3n) is 7.53. The Morgan fingerprint density at radius 2 is 1.27 bits per heavy atom. The molecule has 0 radical (unpaired) electrons. The van der Waals surface area contributed by atoms with Crippen LogP contribution in [0.1, 0.15) is 48.5 Å². The highest BCUT2D eigenvalue weighted by Gasteiger charge is 2.51. The number of nitrogens with zero attached hydrogens (tertiary/aromatic N) is 8. The van der Waals surface area contributed by atoms with Gasteiger partial charge in [-0.3, -0.25) is 19.6 Å². The topological polar surface area (TPSA) is 210 Å². The van der Waals surface area contributed by atoms with Crippen LogP contribution < -0.4 is 10.6 Å². The quantitative estimate of drug-likeness (QED) is 0.0788. The molecule has 1 atom stereocenters. The van der Waals surface area contributed by atoms with Gasteiger partial charge in [0, 0.05) is 53.1 Å². The molecule has 16 nitrogen and oxygen atoms in total. The van der Waals surface area contributed by atoms with Crippen molar-refractivity contribution in [2.24, 2.45) is 25.3 Å². The molecule has 44 heavy (non-hydrogen) atoms. The summed E-state index contributed by atoms with van der Waals surface area (Å²) in [6.45, 7) is 14.6. The first-order chi connectivity index (χ1) is 20.6. The van der Waals surface area contributed by atoms with Crippen molar-refractivity contribution in [3.8, 4) is 0 Å². The van der Waals surface area contributed by atoms with Crippen molar-refractivity contribution in [3.05, 3.63) is 0 Å². The number of β-amino-alcohol motifs (C(OH)–C–C–N with tert-alkyl or cyclic N) is 2. The summed E-state index contributed by atoms with van der Waals surface area (Å²) in [5.41, 5.74) is -4.76. The summed E-state index contributed by atoms with van der Waals surface area (Å²) in [4.78, 5) is 39.8. The van der Waals surface area contributed by atoms with E-state index in [4.69, 9.17) is 20.3 Å². The number of aliphatic imine (C=N–C) groups is 2. The zero-order valence-corrected chi connectivity index (χ0v) is 27.4. The molecule has 2 rings (SSSR count). The molecule has 1 unspecified atom stereocenters. The maximum Gasteiger partial charge on any atom is 0.293 e. The molecule has 0 saturated heterocycles. The Morgan fingerprint density at radius 3 is 1.80 bits per heavy atom. The molecule has 0 saturated carbocycles. The Balaban J connectivity index is 2.69. The lowest BCUT2D eigenvalue weighted by Gasteiger charge is -2.33. The number of carbonyl (C=O) groups excluding carboxylic acids is 2. The molecule has 0 spiro atoms. The Kier molecular flexibility index (Phi) is 13.3. The van der Waals surface area contributed by atoms with Crippen LogP contribution >= 0.6 is 0 Å². The van der Waals surface area contributed by atoms with Gasteiger partial charge in [0.1, 0.15) is 17.2 Å². The third kappa shape index (κ3) is 9.22. The molecule has 6 N–H and O–H groups in total. The molecule has 16 heteroatoms. The standard InChI is InChI=1S/C28H52N10O6/c1-25(2,21-29-8-12-36(21)14-18-41)33-34-28(7,22-30-9-13-37(22)15-19-42)20-38(27(5,6)24(44)32-11-17-40)35-26(3,4)23(43)31-10-16-39/h39-42H,8-20H2,1-7H3,(H-,31,32,43,44)/p+1. The minimum absolute atomic E-state index is 0.0254. The predicted molar refractivity (Wildman–Crippen MR) is 165 cm³/mol. The van der Waals surface area contributed by atoms with E-state index >= 15 is 0 Å². The van der Waals surface area contributed by atoms with Gasteiger partial charge in [-0.25, -0.2) is 0 Å². The lowest BCUT2D eigenvalue weighted by atomic mass is 9.96. The molecule has 2 heterocycles. The van der Waals surface area contributed by atoms with Crippen LogP contribution in [-0.4, -0.2) is 166 Å². The van der Waals surface area contributed by atoms with Crippen LogP contribution in [0.3, 0.4) is 0 Å². The summed E-state index contributed by atoms with van der Waals surface area (Å²) in [7, 11) is 0. The molecule has 2 amide bonds. The second kappa shape index (κ2) is 15.8. The number of amidine groups is 2. The first-order valence-corrected chi connectivity index (χ1v) is 15.1. The summed E-state index contributed by atoms with van der Waals surface area (Å²) in [5.74, 6) is 0.379. The number of carbonyl (C=O) groups is 2. The van der Waals surface area contributed by atoms with Gasteiger partial charge in [0.15, 0.2) is 11.1 Å². The highest BCUT2D eigenvalue weighted by Crippen LogP contribution is 2.28.